The smallest absolute Gasteiger partial charge is 0.235 e. The molecule has 0 atom stereocenters. The summed E-state index contributed by atoms with van der Waals surface area (Å²) in [6.45, 7) is 4.86. The van der Waals surface area contributed by atoms with E-state index in [1.54, 1.807) is 0 Å². The van der Waals surface area contributed by atoms with E-state index in [1.165, 1.54) is 0 Å². The summed E-state index contributed by atoms with van der Waals surface area (Å²) < 4.78 is 0. The van der Waals surface area contributed by atoms with Gasteiger partial charge >= 0.3 is 0 Å². The van der Waals surface area contributed by atoms with Gasteiger partial charge in [-0.15, -0.1) is 0 Å². The number of β-amino-alcohol motifs (C(OH)–C–C–N with tert-alkyl or cyclic N) is 1. The van der Waals surface area contributed by atoms with E-state index in [-0.39, 0.29) is 12.5 Å². The van der Waals surface area contributed by atoms with E-state index in [4.69, 9.17) is 5.11 Å². The quantitative estimate of drug-likeness (QED) is 0.742. The summed E-state index contributed by atoms with van der Waals surface area (Å²) >= 11 is 0. The number of hydrogen-bond acceptors (Lipinski definition) is 5. The van der Waals surface area contributed by atoms with Crippen LogP contribution in [0.25, 0.3) is 0 Å². The fourth-order valence-corrected chi connectivity index (χ4v) is 3.30. The molecular formula is C15H26N4O2. The molecule has 2 N–H and O–H groups in total. The Bertz CT molecular complexity index is 388. The third-order valence-corrected chi connectivity index (χ3v) is 4.51. The van der Waals surface area contributed by atoms with E-state index in [0.29, 0.717) is 13.1 Å². The van der Waals surface area contributed by atoms with Crippen LogP contribution in [0.3, 0.4) is 0 Å². The third kappa shape index (κ3) is 4.67. The zero-order valence-corrected chi connectivity index (χ0v) is 12.7. The van der Waals surface area contributed by atoms with Gasteiger partial charge in [0.05, 0.1) is 19.2 Å². The first kappa shape index (κ1) is 16.2. The molecule has 1 aliphatic heterocycles. The van der Waals surface area contributed by atoms with Crippen LogP contribution in [0.15, 0.2) is 0 Å². The molecule has 0 aromatic rings. The van der Waals surface area contributed by atoms with Crippen molar-refractivity contribution in [3.8, 4) is 6.07 Å². The maximum Gasteiger partial charge on any atom is 0.235 e. The van der Waals surface area contributed by atoms with Crippen LogP contribution in [0, 0.1) is 11.3 Å². The van der Waals surface area contributed by atoms with Crippen molar-refractivity contribution in [1.82, 2.24) is 15.1 Å². The van der Waals surface area contributed by atoms with Gasteiger partial charge in [-0.2, -0.15) is 5.26 Å². The molecule has 0 aromatic carbocycles. The zero-order chi connectivity index (χ0) is 15.1. The third-order valence-electron chi connectivity index (χ3n) is 4.51. The molecule has 118 valence electrons. The molecule has 21 heavy (non-hydrogen) atoms. The maximum atomic E-state index is 12.2. The van der Waals surface area contributed by atoms with E-state index in [0.717, 1.165) is 58.3 Å². The number of amides is 1. The van der Waals surface area contributed by atoms with Crippen molar-refractivity contribution in [3.63, 3.8) is 0 Å². The highest BCUT2D eigenvalue weighted by Crippen LogP contribution is 2.28. The number of aliphatic hydroxyl groups excluding tert-OH is 1. The van der Waals surface area contributed by atoms with Gasteiger partial charge in [0.15, 0.2) is 0 Å². The topological polar surface area (TPSA) is 79.6 Å². The van der Waals surface area contributed by atoms with Gasteiger partial charge < -0.3 is 10.4 Å². The lowest BCUT2D eigenvalue weighted by atomic mass is 10.00. The van der Waals surface area contributed by atoms with Crippen LogP contribution in [0.5, 0.6) is 0 Å². The number of nitrogens with zero attached hydrogens (tertiary/aromatic N) is 3. The summed E-state index contributed by atoms with van der Waals surface area (Å²) in [6.07, 6.45) is 4.61. The number of aliphatic hydroxyl groups is 1. The highest BCUT2D eigenvalue weighted by molar-refractivity contribution is 5.79. The van der Waals surface area contributed by atoms with Crippen LogP contribution in [0.2, 0.25) is 0 Å². The van der Waals surface area contributed by atoms with Crippen LogP contribution in [0.4, 0.5) is 0 Å². The van der Waals surface area contributed by atoms with E-state index in [2.05, 4.69) is 21.2 Å². The molecule has 2 aliphatic rings. The van der Waals surface area contributed by atoms with Crippen molar-refractivity contribution >= 4 is 5.91 Å². The molecule has 6 nitrogen and oxygen atoms in total. The molecular weight excluding hydrogens is 268 g/mol. The van der Waals surface area contributed by atoms with Crippen molar-refractivity contribution in [2.75, 3.05) is 45.9 Å². The second kappa shape index (κ2) is 7.74. The van der Waals surface area contributed by atoms with Crippen LogP contribution in [0.1, 0.15) is 32.1 Å². The van der Waals surface area contributed by atoms with Gasteiger partial charge in [0, 0.05) is 19.6 Å². The average molecular weight is 294 g/mol. The highest BCUT2D eigenvalue weighted by Gasteiger charge is 2.35. The molecule has 1 saturated heterocycles. The maximum absolute atomic E-state index is 12.2. The first-order valence-corrected chi connectivity index (χ1v) is 7.95. The fourth-order valence-electron chi connectivity index (χ4n) is 3.30. The Morgan fingerprint density at radius 3 is 2.48 bits per heavy atom. The molecule has 1 heterocycles. The van der Waals surface area contributed by atoms with Gasteiger partial charge in [-0.1, -0.05) is 0 Å². The van der Waals surface area contributed by atoms with Crippen molar-refractivity contribution in [2.45, 2.75) is 37.6 Å². The normalized spacial score (nSPS) is 23.4. The first-order valence-electron chi connectivity index (χ1n) is 7.95. The summed E-state index contributed by atoms with van der Waals surface area (Å²) in [5, 5.41) is 21.2. The monoisotopic (exact) mass is 294 g/mol. The van der Waals surface area contributed by atoms with Gasteiger partial charge in [-0.3, -0.25) is 14.6 Å². The summed E-state index contributed by atoms with van der Waals surface area (Å²) in [4.78, 5) is 16.6. The highest BCUT2D eigenvalue weighted by atomic mass is 16.3. The van der Waals surface area contributed by atoms with Gasteiger partial charge in [-0.05, 0) is 45.2 Å². The van der Waals surface area contributed by atoms with E-state index < -0.39 is 5.54 Å². The van der Waals surface area contributed by atoms with Crippen LogP contribution in [-0.4, -0.2) is 72.2 Å². The minimum atomic E-state index is -0.619. The average Bonchev–Trinajstić information content (AvgIpc) is 2.82. The summed E-state index contributed by atoms with van der Waals surface area (Å²) in [5.74, 6) is -0.0333. The Balaban J connectivity index is 1.78. The predicted octanol–water partition coefficient (Wildman–Crippen LogP) is -0.0610. The second-order valence-electron chi connectivity index (χ2n) is 6.14. The van der Waals surface area contributed by atoms with Crippen molar-refractivity contribution in [2.24, 2.45) is 0 Å². The first-order chi connectivity index (χ1) is 10.2. The SMILES string of the molecule is N#CC1(NC(=O)CN2CCCN(CCO)CC2)CCCC1. The van der Waals surface area contributed by atoms with Gasteiger partial charge in [-0.25, -0.2) is 0 Å². The van der Waals surface area contributed by atoms with Gasteiger partial charge in [0.25, 0.3) is 0 Å². The van der Waals surface area contributed by atoms with Crippen molar-refractivity contribution < 1.29 is 9.90 Å². The largest absolute Gasteiger partial charge is 0.395 e. The molecule has 6 heteroatoms. The number of nitriles is 1. The number of hydrogen-bond donors (Lipinski definition) is 2. The fraction of sp³-hybridized carbons (Fsp3) is 0.867. The number of nitrogens with one attached hydrogen (secondary N) is 1. The lowest BCUT2D eigenvalue weighted by molar-refractivity contribution is -0.123. The molecule has 0 aromatic heterocycles. The van der Waals surface area contributed by atoms with Crippen LogP contribution in [-0.2, 0) is 4.79 Å². The predicted molar refractivity (Wildman–Crippen MR) is 79.5 cm³/mol. The minimum Gasteiger partial charge on any atom is -0.395 e. The lowest BCUT2D eigenvalue weighted by Gasteiger charge is -2.25. The minimum absolute atomic E-state index is 0.0333. The molecule has 1 saturated carbocycles. The van der Waals surface area contributed by atoms with Gasteiger partial charge in [0.1, 0.15) is 5.54 Å². The summed E-state index contributed by atoms with van der Waals surface area (Å²) in [7, 11) is 0. The van der Waals surface area contributed by atoms with Crippen LogP contribution < -0.4 is 5.32 Å². The molecule has 0 bridgehead atoms. The van der Waals surface area contributed by atoms with Crippen molar-refractivity contribution in [1.29, 1.82) is 5.26 Å². The van der Waals surface area contributed by atoms with Crippen LogP contribution >= 0.6 is 0 Å². The summed E-state index contributed by atoms with van der Waals surface area (Å²) in [5.41, 5.74) is -0.619. The Morgan fingerprint density at radius 2 is 1.81 bits per heavy atom. The molecule has 2 rings (SSSR count). The molecule has 0 unspecified atom stereocenters. The Labute approximate surface area is 126 Å². The molecule has 0 radical (unpaired) electrons. The summed E-state index contributed by atoms with van der Waals surface area (Å²) in [6, 6.07) is 2.30. The Hall–Kier alpha value is -1.16. The molecule has 1 amide bonds. The van der Waals surface area contributed by atoms with E-state index >= 15 is 0 Å². The number of carbonyl (C=O) groups excluding carboxylic acids is 1. The lowest BCUT2D eigenvalue weighted by Crippen LogP contribution is -2.49. The molecule has 2 fully saturated rings. The van der Waals surface area contributed by atoms with E-state index in [9.17, 15) is 10.1 Å². The number of carbonyl (C=O) groups is 1. The van der Waals surface area contributed by atoms with Crippen molar-refractivity contribution in [3.05, 3.63) is 0 Å². The molecule has 0 spiro atoms. The second-order valence-corrected chi connectivity index (χ2v) is 6.14. The zero-order valence-electron chi connectivity index (χ0n) is 12.7. The number of rotatable bonds is 5. The van der Waals surface area contributed by atoms with Gasteiger partial charge in [0.2, 0.25) is 5.91 Å². The Kier molecular flexibility index (Phi) is 5.97. The van der Waals surface area contributed by atoms with E-state index in [1.807, 2.05) is 0 Å². The standard InChI is InChI=1S/C15H26N4O2/c16-13-15(4-1-2-5-15)17-14(21)12-19-7-3-6-18(8-9-19)10-11-20/h20H,1-12H2,(H,17,21). The molecule has 1 aliphatic carbocycles. The Morgan fingerprint density at radius 1 is 1.14 bits per heavy atom.